The molecule has 15 heavy (non-hydrogen) atoms. The molecule has 0 unspecified atom stereocenters. The van der Waals surface area contributed by atoms with Gasteiger partial charge in [-0.25, -0.2) is 4.98 Å². The summed E-state index contributed by atoms with van der Waals surface area (Å²) in [6, 6.07) is 0.491. The topological polar surface area (TPSA) is 35.0 Å². The highest BCUT2D eigenvalue weighted by atomic mass is 16.5. The van der Waals surface area contributed by atoms with E-state index in [1.807, 2.05) is 6.20 Å². The predicted octanol–water partition coefficient (Wildman–Crippen LogP) is 2.66. The Morgan fingerprint density at radius 1 is 1.33 bits per heavy atom. The molecule has 1 saturated carbocycles. The highest BCUT2D eigenvalue weighted by molar-refractivity contribution is 5.31. The van der Waals surface area contributed by atoms with E-state index in [-0.39, 0.29) is 5.41 Å². The molecule has 1 aromatic rings. The van der Waals surface area contributed by atoms with Crippen LogP contribution in [0.1, 0.15) is 50.8 Å². The van der Waals surface area contributed by atoms with Crippen LogP contribution >= 0.6 is 0 Å². The van der Waals surface area contributed by atoms with Gasteiger partial charge in [0.1, 0.15) is 0 Å². The minimum Gasteiger partial charge on any atom is -0.467 e. The quantitative estimate of drug-likeness (QED) is 0.746. The van der Waals surface area contributed by atoms with Gasteiger partial charge in [0.05, 0.1) is 12.8 Å². The molecule has 0 atom stereocenters. The summed E-state index contributed by atoms with van der Waals surface area (Å²) in [5.41, 5.74) is 2.56. The Hall–Kier alpha value is -1.12. The first-order chi connectivity index (χ1) is 7.02. The Labute approximate surface area is 90.9 Å². The molecule has 0 saturated heterocycles. The number of nitrogens with zero attached hydrogens (tertiary/aromatic N) is 2. The van der Waals surface area contributed by atoms with Crippen LogP contribution in [-0.2, 0) is 5.41 Å². The van der Waals surface area contributed by atoms with Gasteiger partial charge in [0.15, 0.2) is 0 Å². The number of hydrogen-bond donors (Lipinski definition) is 0. The Balaban J connectivity index is 2.45. The second-order valence-corrected chi connectivity index (χ2v) is 5.18. The lowest BCUT2D eigenvalue weighted by Crippen LogP contribution is -2.16. The summed E-state index contributed by atoms with van der Waals surface area (Å²) in [6.07, 6.45) is 4.42. The van der Waals surface area contributed by atoms with Gasteiger partial charge >= 0.3 is 6.01 Å². The van der Waals surface area contributed by atoms with Gasteiger partial charge in [0.2, 0.25) is 0 Å². The summed E-state index contributed by atoms with van der Waals surface area (Å²) in [6.45, 7) is 6.60. The van der Waals surface area contributed by atoms with Crippen molar-refractivity contribution in [3.63, 3.8) is 0 Å². The van der Waals surface area contributed by atoms with E-state index < -0.39 is 0 Å². The molecule has 82 valence electrons. The molecule has 0 bridgehead atoms. The van der Waals surface area contributed by atoms with Crippen LogP contribution in [0.25, 0.3) is 0 Å². The lowest BCUT2D eigenvalue weighted by Gasteiger charge is -2.21. The van der Waals surface area contributed by atoms with Gasteiger partial charge in [-0.1, -0.05) is 20.8 Å². The molecular weight excluding hydrogens is 188 g/mol. The van der Waals surface area contributed by atoms with Crippen molar-refractivity contribution < 1.29 is 4.74 Å². The number of aromatic nitrogens is 2. The Bertz CT molecular complexity index is 364. The van der Waals surface area contributed by atoms with Gasteiger partial charge in [-0.2, -0.15) is 4.98 Å². The Kier molecular flexibility index (Phi) is 2.41. The van der Waals surface area contributed by atoms with Crippen LogP contribution in [0.2, 0.25) is 0 Å². The monoisotopic (exact) mass is 206 g/mol. The van der Waals surface area contributed by atoms with Gasteiger partial charge in [-0.3, -0.25) is 0 Å². The minimum absolute atomic E-state index is 0.115. The molecule has 1 aliphatic rings. The van der Waals surface area contributed by atoms with E-state index in [9.17, 15) is 0 Å². The van der Waals surface area contributed by atoms with Crippen molar-refractivity contribution in [3.05, 3.63) is 17.5 Å². The van der Waals surface area contributed by atoms with Crippen molar-refractivity contribution >= 4 is 0 Å². The van der Waals surface area contributed by atoms with Crippen LogP contribution < -0.4 is 4.74 Å². The van der Waals surface area contributed by atoms with Gasteiger partial charge in [0, 0.05) is 12.1 Å². The highest BCUT2D eigenvalue weighted by Crippen LogP contribution is 2.43. The maximum absolute atomic E-state index is 5.08. The fourth-order valence-corrected chi connectivity index (χ4v) is 1.72. The average Bonchev–Trinajstić information content (AvgIpc) is 2.98. The molecule has 0 radical (unpaired) electrons. The maximum Gasteiger partial charge on any atom is 0.316 e. The molecule has 0 N–H and O–H groups in total. The zero-order valence-corrected chi connectivity index (χ0v) is 9.87. The molecule has 1 fully saturated rings. The molecule has 3 heteroatoms. The summed E-state index contributed by atoms with van der Waals surface area (Å²) < 4.78 is 5.08. The largest absolute Gasteiger partial charge is 0.467 e. The molecule has 1 aliphatic carbocycles. The fraction of sp³-hybridized carbons (Fsp3) is 0.667. The summed E-state index contributed by atoms with van der Waals surface area (Å²) in [4.78, 5) is 8.69. The third kappa shape index (κ3) is 2.11. The molecule has 0 spiro atoms. The van der Waals surface area contributed by atoms with Crippen LogP contribution in [0.5, 0.6) is 6.01 Å². The van der Waals surface area contributed by atoms with Crippen molar-refractivity contribution in [2.24, 2.45) is 0 Å². The first-order valence-corrected chi connectivity index (χ1v) is 5.44. The van der Waals surface area contributed by atoms with Gasteiger partial charge in [0.25, 0.3) is 0 Å². The Morgan fingerprint density at radius 3 is 2.47 bits per heavy atom. The highest BCUT2D eigenvalue weighted by Gasteiger charge is 2.32. The number of hydrogen-bond acceptors (Lipinski definition) is 3. The van der Waals surface area contributed by atoms with Crippen LogP contribution in [0.15, 0.2) is 6.20 Å². The molecule has 0 aromatic carbocycles. The number of rotatable bonds is 2. The molecule has 0 aliphatic heterocycles. The molecule has 0 amide bonds. The van der Waals surface area contributed by atoms with E-state index >= 15 is 0 Å². The van der Waals surface area contributed by atoms with Crippen LogP contribution in [-0.4, -0.2) is 17.1 Å². The molecule has 3 nitrogen and oxygen atoms in total. The first kappa shape index (κ1) is 10.4. The van der Waals surface area contributed by atoms with Crippen molar-refractivity contribution in [2.45, 2.75) is 44.9 Å². The third-order valence-corrected chi connectivity index (χ3v) is 2.75. The number of methoxy groups -OCH3 is 1. The Morgan fingerprint density at radius 2 is 2.00 bits per heavy atom. The molecule has 2 rings (SSSR count). The lowest BCUT2D eigenvalue weighted by atomic mass is 9.86. The van der Waals surface area contributed by atoms with E-state index in [0.29, 0.717) is 11.9 Å². The average molecular weight is 206 g/mol. The van der Waals surface area contributed by atoms with Gasteiger partial charge in [-0.05, 0) is 23.8 Å². The van der Waals surface area contributed by atoms with Crippen molar-refractivity contribution in [1.82, 2.24) is 9.97 Å². The van der Waals surface area contributed by atoms with Gasteiger partial charge in [-0.15, -0.1) is 0 Å². The second-order valence-electron chi connectivity index (χ2n) is 5.18. The summed E-state index contributed by atoms with van der Waals surface area (Å²) in [5.74, 6) is 0.635. The minimum atomic E-state index is 0.115. The zero-order chi connectivity index (χ0) is 11.1. The normalized spacial score (nSPS) is 16.5. The van der Waals surface area contributed by atoms with Crippen LogP contribution in [0.4, 0.5) is 0 Å². The molecule has 1 aromatic heterocycles. The summed E-state index contributed by atoms with van der Waals surface area (Å²) in [5, 5.41) is 0. The zero-order valence-electron chi connectivity index (χ0n) is 9.87. The van der Waals surface area contributed by atoms with Gasteiger partial charge < -0.3 is 4.74 Å². The smallest absolute Gasteiger partial charge is 0.316 e. The first-order valence-electron chi connectivity index (χ1n) is 5.44. The summed E-state index contributed by atoms with van der Waals surface area (Å²) >= 11 is 0. The van der Waals surface area contributed by atoms with E-state index in [1.54, 1.807) is 7.11 Å². The maximum atomic E-state index is 5.08. The molecule has 1 heterocycles. The van der Waals surface area contributed by atoms with E-state index in [1.165, 1.54) is 24.1 Å². The standard InChI is InChI=1S/C12H18N2O/c1-12(2,3)9-7-13-11(15-4)14-10(9)8-5-6-8/h7-8H,5-6H2,1-4H3. The SMILES string of the molecule is COc1ncc(C(C)(C)C)c(C2CC2)n1. The van der Waals surface area contributed by atoms with Crippen molar-refractivity contribution in [3.8, 4) is 6.01 Å². The van der Waals surface area contributed by atoms with Crippen LogP contribution in [0.3, 0.4) is 0 Å². The number of ether oxygens (including phenoxy) is 1. The van der Waals surface area contributed by atoms with E-state index in [0.717, 1.165) is 0 Å². The van der Waals surface area contributed by atoms with E-state index in [2.05, 4.69) is 30.7 Å². The van der Waals surface area contributed by atoms with Crippen molar-refractivity contribution in [2.75, 3.05) is 7.11 Å². The van der Waals surface area contributed by atoms with E-state index in [4.69, 9.17) is 4.74 Å². The van der Waals surface area contributed by atoms with Crippen molar-refractivity contribution in [1.29, 1.82) is 0 Å². The predicted molar refractivity (Wildman–Crippen MR) is 59.3 cm³/mol. The van der Waals surface area contributed by atoms with Crippen LogP contribution in [0, 0.1) is 0 Å². The lowest BCUT2D eigenvalue weighted by molar-refractivity contribution is 0.375. The second kappa shape index (κ2) is 3.47. The molecular formula is C12H18N2O. The summed E-state index contributed by atoms with van der Waals surface area (Å²) in [7, 11) is 1.61. The fourth-order valence-electron chi connectivity index (χ4n) is 1.72. The third-order valence-electron chi connectivity index (χ3n) is 2.75.